The smallest absolute Gasteiger partial charge is 0.0462 e. The van der Waals surface area contributed by atoms with Crippen molar-refractivity contribution in [3.05, 3.63) is 0 Å². The molecule has 0 aromatic carbocycles. The summed E-state index contributed by atoms with van der Waals surface area (Å²) in [6.45, 7) is 4.27. The third-order valence-electron chi connectivity index (χ3n) is 2.99. The van der Waals surface area contributed by atoms with E-state index >= 15 is 0 Å². The minimum absolute atomic E-state index is 0.415. The van der Waals surface area contributed by atoms with Crippen LogP contribution in [-0.4, -0.2) is 36.2 Å². The van der Waals surface area contributed by atoms with Crippen LogP contribution in [0.25, 0.3) is 0 Å². The Morgan fingerprint density at radius 3 is 2.45 bits per heavy atom. The summed E-state index contributed by atoms with van der Waals surface area (Å²) in [7, 11) is 0. The maximum Gasteiger partial charge on any atom is 0.0462 e. The van der Waals surface area contributed by atoms with Crippen molar-refractivity contribution in [1.82, 2.24) is 4.90 Å². The minimum atomic E-state index is 0.415. The Morgan fingerprint density at radius 2 is 1.91 bits per heavy atom. The summed E-state index contributed by atoms with van der Waals surface area (Å²) in [6, 6.07) is 0. The molecule has 0 spiro atoms. The molecule has 0 aromatic rings. The number of hydrogen-bond donors (Lipinski definition) is 1. The average molecular weight is 155 g/mol. The zero-order valence-corrected chi connectivity index (χ0v) is 7.00. The number of rotatable bonds is 3. The zero-order valence-electron chi connectivity index (χ0n) is 7.00. The van der Waals surface area contributed by atoms with Crippen molar-refractivity contribution >= 4 is 0 Å². The third-order valence-corrected chi connectivity index (χ3v) is 2.99. The standard InChI is InChI=1S/C9H17NO/c11-7-9-5-8(9)6-10-3-1-2-4-10/h8-9,11H,1-7H2/t8-,9-/m1/s1. The summed E-state index contributed by atoms with van der Waals surface area (Å²) >= 11 is 0. The molecule has 2 atom stereocenters. The van der Waals surface area contributed by atoms with E-state index in [-0.39, 0.29) is 0 Å². The van der Waals surface area contributed by atoms with Gasteiger partial charge in [-0.05, 0) is 44.2 Å². The van der Waals surface area contributed by atoms with Gasteiger partial charge >= 0.3 is 0 Å². The molecule has 0 radical (unpaired) electrons. The summed E-state index contributed by atoms with van der Waals surface area (Å²) in [5.74, 6) is 1.48. The Labute approximate surface area is 68.2 Å². The van der Waals surface area contributed by atoms with Crippen molar-refractivity contribution in [2.24, 2.45) is 11.8 Å². The highest BCUT2D eigenvalue weighted by Gasteiger charge is 2.37. The first kappa shape index (κ1) is 7.56. The van der Waals surface area contributed by atoms with Crippen molar-refractivity contribution in [3.8, 4) is 0 Å². The van der Waals surface area contributed by atoms with E-state index in [1.807, 2.05) is 0 Å². The second-order valence-electron chi connectivity index (χ2n) is 3.95. The Kier molecular flexibility index (Phi) is 2.14. The van der Waals surface area contributed by atoms with Gasteiger partial charge in [0.25, 0.3) is 0 Å². The quantitative estimate of drug-likeness (QED) is 0.649. The molecule has 2 nitrogen and oxygen atoms in total. The van der Waals surface area contributed by atoms with Gasteiger partial charge in [-0.1, -0.05) is 0 Å². The highest BCUT2D eigenvalue weighted by atomic mass is 16.3. The fourth-order valence-electron chi connectivity index (χ4n) is 2.05. The Bertz CT molecular complexity index is 132. The van der Waals surface area contributed by atoms with Gasteiger partial charge < -0.3 is 10.0 Å². The van der Waals surface area contributed by atoms with Gasteiger partial charge in [0.1, 0.15) is 0 Å². The molecule has 1 saturated heterocycles. The van der Waals surface area contributed by atoms with Gasteiger partial charge in [0, 0.05) is 13.2 Å². The highest BCUT2D eigenvalue weighted by Crippen LogP contribution is 2.38. The molecule has 1 N–H and O–H groups in total. The van der Waals surface area contributed by atoms with Crippen molar-refractivity contribution in [2.45, 2.75) is 19.3 Å². The SMILES string of the molecule is OC[C@H]1C[C@@H]1CN1CCCC1. The largest absolute Gasteiger partial charge is 0.396 e. The normalized spacial score (nSPS) is 37.9. The Morgan fingerprint density at radius 1 is 1.18 bits per heavy atom. The van der Waals surface area contributed by atoms with Crippen LogP contribution in [0.4, 0.5) is 0 Å². The van der Waals surface area contributed by atoms with Gasteiger partial charge in [0.2, 0.25) is 0 Å². The molecule has 0 amide bonds. The number of nitrogens with zero attached hydrogens (tertiary/aromatic N) is 1. The lowest BCUT2D eigenvalue weighted by molar-refractivity contribution is 0.252. The Hall–Kier alpha value is -0.0800. The summed E-state index contributed by atoms with van der Waals surface area (Å²) < 4.78 is 0. The molecule has 2 aliphatic rings. The van der Waals surface area contributed by atoms with Gasteiger partial charge in [-0.3, -0.25) is 0 Å². The van der Waals surface area contributed by atoms with E-state index < -0.39 is 0 Å². The molecule has 1 heterocycles. The molecular formula is C9H17NO. The van der Waals surface area contributed by atoms with Gasteiger partial charge in [-0.25, -0.2) is 0 Å². The molecule has 0 aromatic heterocycles. The maximum atomic E-state index is 8.83. The first-order chi connectivity index (χ1) is 5.40. The van der Waals surface area contributed by atoms with E-state index in [1.54, 1.807) is 0 Å². The van der Waals surface area contributed by atoms with Crippen molar-refractivity contribution in [2.75, 3.05) is 26.2 Å². The second kappa shape index (κ2) is 3.11. The van der Waals surface area contributed by atoms with Crippen LogP contribution in [0, 0.1) is 11.8 Å². The summed E-state index contributed by atoms with van der Waals surface area (Å²) in [5.41, 5.74) is 0. The van der Waals surface area contributed by atoms with Gasteiger partial charge in [0.05, 0.1) is 0 Å². The topological polar surface area (TPSA) is 23.5 Å². The van der Waals surface area contributed by atoms with E-state index in [4.69, 9.17) is 5.11 Å². The molecule has 2 heteroatoms. The summed E-state index contributed by atoms with van der Waals surface area (Å²) in [6.07, 6.45) is 4.04. The number of likely N-dealkylation sites (tertiary alicyclic amines) is 1. The fourth-order valence-corrected chi connectivity index (χ4v) is 2.05. The minimum Gasteiger partial charge on any atom is -0.396 e. The van der Waals surface area contributed by atoms with E-state index in [0.717, 1.165) is 5.92 Å². The number of aliphatic hydroxyl groups is 1. The predicted molar refractivity (Wildman–Crippen MR) is 44.4 cm³/mol. The first-order valence-corrected chi connectivity index (χ1v) is 4.73. The molecule has 2 fully saturated rings. The van der Waals surface area contributed by atoms with Gasteiger partial charge in [-0.15, -0.1) is 0 Å². The van der Waals surface area contributed by atoms with Crippen LogP contribution in [0.2, 0.25) is 0 Å². The van der Waals surface area contributed by atoms with E-state index in [1.165, 1.54) is 38.9 Å². The first-order valence-electron chi connectivity index (χ1n) is 4.73. The predicted octanol–water partition coefficient (Wildman–Crippen LogP) is 0.711. The maximum absolute atomic E-state index is 8.83. The molecule has 0 bridgehead atoms. The molecule has 1 aliphatic heterocycles. The average Bonchev–Trinajstić information content (AvgIpc) is 2.54. The molecule has 0 unspecified atom stereocenters. The third kappa shape index (κ3) is 1.74. The molecule has 2 rings (SSSR count). The van der Waals surface area contributed by atoms with Crippen molar-refractivity contribution in [3.63, 3.8) is 0 Å². The lowest BCUT2D eigenvalue weighted by Crippen LogP contribution is -2.22. The van der Waals surface area contributed by atoms with Crippen LogP contribution < -0.4 is 0 Å². The van der Waals surface area contributed by atoms with Crippen LogP contribution in [0.15, 0.2) is 0 Å². The lowest BCUT2D eigenvalue weighted by Gasteiger charge is -2.13. The highest BCUT2D eigenvalue weighted by molar-refractivity contribution is 4.88. The molecule has 1 aliphatic carbocycles. The molecule has 1 saturated carbocycles. The summed E-state index contributed by atoms with van der Waals surface area (Å²) in [4.78, 5) is 2.54. The second-order valence-corrected chi connectivity index (χ2v) is 3.95. The molecular weight excluding hydrogens is 138 g/mol. The molecule has 11 heavy (non-hydrogen) atoms. The monoisotopic (exact) mass is 155 g/mol. The van der Waals surface area contributed by atoms with Gasteiger partial charge in [0.15, 0.2) is 0 Å². The zero-order chi connectivity index (χ0) is 7.68. The number of aliphatic hydroxyl groups excluding tert-OH is 1. The lowest BCUT2D eigenvalue weighted by atomic mass is 10.3. The Balaban J connectivity index is 1.66. The summed E-state index contributed by atoms with van der Waals surface area (Å²) in [5, 5.41) is 8.83. The van der Waals surface area contributed by atoms with Crippen molar-refractivity contribution < 1.29 is 5.11 Å². The van der Waals surface area contributed by atoms with Crippen LogP contribution in [0.1, 0.15) is 19.3 Å². The van der Waals surface area contributed by atoms with Crippen molar-refractivity contribution in [1.29, 1.82) is 0 Å². The van der Waals surface area contributed by atoms with E-state index in [0.29, 0.717) is 12.5 Å². The molecule has 64 valence electrons. The van der Waals surface area contributed by atoms with Gasteiger partial charge in [-0.2, -0.15) is 0 Å². The van der Waals surface area contributed by atoms with E-state index in [2.05, 4.69) is 4.90 Å². The van der Waals surface area contributed by atoms with E-state index in [9.17, 15) is 0 Å². The van der Waals surface area contributed by atoms with Crippen LogP contribution >= 0.6 is 0 Å². The number of hydrogen-bond acceptors (Lipinski definition) is 2. The van der Waals surface area contributed by atoms with Crippen LogP contribution in [-0.2, 0) is 0 Å². The fraction of sp³-hybridized carbons (Fsp3) is 1.00. The van der Waals surface area contributed by atoms with Crippen LogP contribution in [0.3, 0.4) is 0 Å². The van der Waals surface area contributed by atoms with Crippen LogP contribution in [0.5, 0.6) is 0 Å².